The summed E-state index contributed by atoms with van der Waals surface area (Å²) in [5.74, 6) is 1.21. The summed E-state index contributed by atoms with van der Waals surface area (Å²) in [6.07, 6.45) is 0.971. The Hall–Kier alpha value is -1.14. The number of hydrogen-bond donors (Lipinski definition) is 3. The third kappa shape index (κ3) is 6.46. The molecule has 0 saturated heterocycles. The number of aliphatic hydroxyl groups is 1. The average Bonchev–Trinajstić information content (AvgIpc) is 3.37. The molecule has 0 radical (unpaired) electrons. The van der Waals surface area contributed by atoms with E-state index in [4.69, 9.17) is 16.0 Å². The minimum absolute atomic E-state index is 0. The highest BCUT2D eigenvalue weighted by atomic mass is 127. The number of halogens is 2. The van der Waals surface area contributed by atoms with Crippen molar-refractivity contribution >= 4 is 64.2 Å². The Labute approximate surface area is 187 Å². The molecule has 0 spiro atoms. The number of rotatable bonds is 7. The van der Waals surface area contributed by atoms with Crippen LogP contribution in [0.4, 0.5) is 0 Å². The molecule has 0 amide bonds. The van der Waals surface area contributed by atoms with Gasteiger partial charge in [0.05, 0.1) is 15.8 Å². The molecule has 0 aliphatic heterocycles. The number of nitrogens with zero attached hydrogens (tertiary/aromatic N) is 2. The average molecular weight is 539 g/mol. The minimum atomic E-state index is -0.645. The molecule has 3 aromatic heterocycles. The molecule has 146 valence electrons. The molecule has 0 bridgehead atoms. The molecule has 1 atom stereocenters. The summed E-state index contributed by atoms with van der Waals surface area (Å²) in [6, 6.07) is 7.53. The van der Waals surface area contributed by atoms with Crippen molar-refractivity contribution in [2.45, 2.75) is 19.6 Å². The molecule has 3 aromatic rings. The molecule has 0 fully saturated rings. The number of guanidine groups is 1. The minimum Gasteiger partial charge on any atom is -0.443 e. The first-order valence-electron chi connectivity index (χ1n) is 8.09. The van der Waals surface area contributed by atoms with Crippen molar-refractivity contribution in [3.63, 3.8) is 0 Å². The number of thiophene rings is 2. The van der Waals surface area contributed by atoms with Gasteiger partial charge in [0.2, 0.25) is 5.89 Å². The maximum absolute atomic E-state index is 10.2. The van der Waals surface area contributed by atoms with E-state index in [1.165, 1.54) is 11.3 Å². The van der Waals surface area contributed by atoms with E-state index in [2.05, 4.69) is 20.6 Å². The van der Waals surface area contributed by atoms with Gasteiger partial charge in [-0.3, -0.25) is 0 Å². The first-order chi connectivity index (χ1) is 12.7. The predicted molar refractivity (Wildman–Crippen MR) is 122 cm³/mol. The first-order valence-corrected chi connectivity index (χ1v) is 10.2. The quantitative estimate of drug-likeness (QED) is 0.234. The van der Waals surface area contributed by atoms with Gasteiger partial charge in [0.25, 0.3) is 0 Å². The van der Waals surface area contributed by atoms with E-state index in [0.29, 0.717) is 35.8 Å². The molecule has 3 N–H and O–H groups in total. The standard InChI is InChI=1S/C17H19ClN4O2S2.HI/c1-2-19-17(21-9-12(23)13-5-6-15(18)26-13)20-8-11-10-24-16(22-11)14-4-3-7-25-14;/h3-7,10,12,23H,2,8-9H2,1H3,(H2,19,20,21);1H. The van der Waals surface area contributed by atoms with Gasteiger partial charge in [-0.25, -0.2) is 9.98 Å². The largest absolute Gasteiger partial charge is 0.443 e. The van der Waals surface area contributed by atoms with Crippen LogP contribution in [0.3, 0.4) is 0 Å². The van der Waals surface area contributed by atoms with Gasteiger partial charge in [0, 0.05) is 18.0 Å². The molecule has 0 aliphatic rings. The van der Waals surface area contributed by atoms with Gasteiger partial charge >= 0.3 is 0 Å². The number of aliphatic hydroxyl groups excluding tert-OH is 1. The Balaban J connectivity index is 0.00000261. The van der Waals surface area contributed by atoms with Crippen LogP contribution >= 0.6 is 58.3 Å². The summed E-state index contributed by atoms with van der Waals surface area (Å²) in [5.41, 5.74) is 0.746. The van der Waals surface area contributed by atoms with Crippen LogP contribution in [-0.2, 0) is 6.54 Å². The number of aromatic nitrogens is 1. The van der Waals surface area contributed by atoms with E-state index in [9.17, 15) is 5.11 Å². The lowest BCUT2D eigenvalue weighted by atomic mass is 10.3. The van der Waals surface area contributed by atoms with Crippen LogP contribution in [0.1, 0.15) is 23.6 Å². The predicted octanol–water partition coefficient (Wildman–Crippen LogP) is 4.52. The van der Waals surface area contributed by atoms with Crippen molar-refractivity contribution in [2.75, 3.05) is 13.1 Å². The number of hydrogen-bond acceptors (Lipinski definition) is 6. The number of aliphatic imine (C=N–C) groups is 1. The molecule has 1 unspecified atom stereocenters. The molecule has 0 aromatic carbocycles. The van der Waals surface area contributed by atoms with Crippen LogP contribution in [0.2, 0.25) is 4.34 Å². The lowest BCUT2D eigenvalue weighted by molar-refractivity contribution is 0.184. The van der Waals surface area contributed by atoms with Gasteiger partial charge in [0.15, 0.2) is 5.96 Å². The number of oxazole rings is 1. The summed E-state index contributed by atoms with van der Waals surface area (Å²) >= 11 is 8.86. The van der Waals surface area contributed by atoms with Gasteiger partial charge in [-0.1, -0.05) is 17.7 Å². The molecule has 27 heavy (non-hydrogen) atoms. The first kappa shape index (κ1) is 22.2. The van der Waals surface area contributed by atoms with E-state index in [1.54, 1.807) is 23.7 Å². The molecule has 3 heterocycles. The van der Waals surface area contributed by atoms with E-state index in [1.807, 2.05) is 30.5 Å². The van der Waals surface area contributed by atoms with Crippen LogP contribution in [-0.4, -0.2) is 29.1 Å². The summed E-state index contributed by atoms with van der Waals surface area (Å²) in [4.78, 5) is 10.7. The fraction of sp³-hybridized carbons (Fsp3) is 0.294. The summed E-state index contributed by atoms with van der Waals surface area (Å²) in [7, 11) is 0. The summed E-state index contributed by atoms with van der Waals surface area (Å²) in [6.45, 7) is 3.41. The Morgan fingerprint density at radius 3 is 2.89 bits per heavy atom. The molecule has 10 heteroatoms. The number of nitrogens with one attached hydrogen (secondary N) is 2. The second-order valence-corrected chi connectivity index (χ2v) is 8.05. The van der Waals surface area contributed by atoms with Gasteiger partial charge in [-0.2, -0.15) is 0 Å². The van der Waals surface area contributed by atoms with Gasteiger partial charge in [0.1, 0.15) is 18.1 Å². The van der Waals surface area contributed by atoms with Crippen molar-refractivity contribution in [2.24, 2.45) is 4.99 Å². The maximum atomic E-state index is 10.2. The Kier molecular flexibility index (Phi) is 9.03. The molecular weight excluding hydrogens is 519 g/mol. The van der Waals surface area contributed by atoms with Crippen LogP contribution in [0, 0.1) is 0 Å². The van der Waals surface area contributed by atoms with Gasteiger partial charge in [-0.05, 0) is 30.5 Å². The smallest absolute Gasteiger partial charge is 0.236 e. The lowest BCUT2D eigenvalue weighted by Crippen LogP contribution is -2.39. The monoisotopic (exact) mass is 538 g/mol. The second-order valence-electron chi connectivity index (χ2n) is 5.36. The molecule has 0 saturated carbocycles. The van der Waals surface area contributed by atoms with Crippen molar-refractivity contribution < 1.29 is 9.52 Å². The highest BCUT2D eigenvalue weighted by Gasteiger charge is 2.11. The molecule has 0 aliphatic carbocycles. The Morgan fingerprint density at radius 2 is 2.22 bits per heavy atom. The zero-order valence-electron chi connectivity index (χ0n) is 14.5. The zero-order valence-corrected chi connectivity index (χ0v) is 19.2. The van der Waals surface area contributed by atoms with Crippen molar-refractivity contribution in [3.8, 4) is 10.8 Å². The normalized spacial score (nSPS) is 12.5. The fourth-order valence-electron chi connectivity index (χ4n) is 2.20. The van der Waals surface area contributed by atoms with Crippen molar-refractivity contribution in [1.82, 2.24) is 15.6 Å². The van der Waals surface area contributed by atoms with Crippen LogP contribution in [0.25, 0.3) is 10.8 Å². The maximum Gasteiger partial charge on any atom is 0.236 e. The third-order valence-corrected chi connectivity index (χ3v) is 5.60. The summed E-state index contributed by atoms with van der Waals surface area (Å²) < 4.78 is 6.16. The fourth-order valence-corrected chi connectivity index (χ4v) is 3.90. The summed E-state index contributed by atoms with van der Waals surface area (Å²) in [5, 5.41) is 18.5. The van der Waals surface area contributed by atoms with E-state index in [-0.39, 0.29) is 24.0 Å². The Morgan fingerprint density at radius 1 is 1.37 bits per heavy atom. The Bertz CT molecular complexity index is 851. The van der Waals surface area contributed by atoms with Crippen molar-refractivity contribution in [3.05, 3.63) is 50.8 Å². The van der Waals surface area contributed by atoms with Crippen molar-refractivity contribution in [1.29, 1.82) is 0 Å². The molecule has 3 rings (SSSR count). The third-order valence-electron chi connectivity index (χ3n) is 3.41. The second kappa shape index (κ2) is 11.0. The van der Waals surface area contributed by atoms with E-state index >= 15 is 0 Å². The van der Waals surface area contributed by atoms with Gasteiger partial charge < -0.3 is 20.2 Å². The highest BCUT2D eigenvalue weighted by molar-refractivity contribution is 14.0. The van der Waals surface area contributed by atoms with Crippen LogP contribution < -0.4 is 10.6 Å². The zero-order chi connectivity index (χ0) is 18.4. The SMILES string of the molecule is CCNC(=NCc1coc(-c2cccs2)n1)NCC(O)c1ccc(Cl)s1.I. The van der Waals surface area contributed by atoms with Crippen LogP contribution in [0.5, 0.6) is 0 Å². The van der Waals surface area contributed by atoms with E-state index < -0.39 is 6.10 Å². The van der Waals surface area contributed by atoms with Gasteiger partial charge in [-0.15, -0.1) is 46.7 Å². The molecule has 6 nitrogen and oxygen atoms in total. The molecular formula is C17H20ClIN4O2S2. The van der Waals surface area contributed by atoms with Crippen LogP contribution in [0.15, 0.2) is 45.3 Å². The highest BCUT2D eigenvalue weighted by Crippen LogP contribution is 2.26. The topological polar surface area (TPSA) is 82.7 Å². The van der Waals surface area contributed by atoms with E-state index in [0.717, 1.165) is 15.4 Å². The lowest BCUT2D eigenvalue weighted by Gasteiger charge is -2.14.